The van der Waals surface area contributed by atoms with Crippen molar-refractivity contribution in [1.82, 2.24) is 20.3 Å². The first kappa shape index (κ1) is 8.66. The SMILES string of the molecule is O=C(O)CNCCn1ccnn1. The first-order chi connectivity index (χ1) is 5.79. The van der Waals surface area contributed by atoms with Crippen LogP contribution in [0.2, 0.25) is 0 Å². The second-order valence-electron chi connectivity index (χ2n) is 2.24. The van der Waals surface area contributed by atoms with E-state index in [9.17, 15) is 4.79 Å². The van der Waals surface area contributed by atoms with Crippen LogP contribution in [0.4, 0.5) is 0 Å². The van der Waals surface area contributed by atoms with E-state index in [4.69, 9.17) is 5.11 Å². The van der Waals surface area contributed by atoms with Gasteiger partial charge in [-0.1, -0.05) is 5.21 Å². The van der Waals surface area contributed by atoms with Crippen LogP contribution < -0.4 is 5.32 Å². The Morgan fingerprint density at radius 3 is 3.08 bits per heavy atom. The Hall–Kier alpha value is -1.43. The van der Waals surface area contributed by atoms with Gasteiger partial charge in [-0.25, -0.2) is 0 Å². The van der Waals surface area contributed by atoms with Crippen LogP contribution in [0.25, 0.3) is 0 Å². The van der Waals surface area contributed by atoms with Crippen molar-refractivity contribution in [2.24, 2.45) is 0 Å². The number of aromatic nitrogens is 3. The normalized spacial score (nSPS) is 10.0. The molecule has 6 nitrogen and oxygen atoms in total. The fourth-order valence-electron chi connectivity index (χ4n) is 0.741. The van der Waals surface area contributed by atoms with Crippen molar-refractivity contribution >= 4 is 5.97 Å². The summed E-state index contributed by atoms with van der Waals surface area (Å²) in [7, 11) is 0. The summed E-state index contributed by atoms with van der Waals surface area (Å²) in [5.41, 5.74) is 0. The van der Waals surface area contributed by atoms with Crippen LogP contribution in [0.5, 0.6) is 0 Å². The maximum absolute atomic E-state index is 10.1. The van der Waals surface area contributed by atoms with Gasteiger partial charge in [0.05, 0.1) is 19.3 Å². The van der Waals surface area contributed by atoms with Gasteiger partial charge in [-0.2, -0.15) is 0 Å². The highest BCUT2D eigenvalue weighted by molar-refractivity contribution is 5.68. The zero-order valence-corrected chi connectivity index (χ0v) is 6.47. The van der Waals surface area contributed by atoms with Crippen molar-refractivity contribution in [2.45, 2.75) is 6.54 Å². The largest absolute Gasteiger partial charge is 0.480 e. The molecule has 0 spiro atoms. The lowest BCUT2D eigenvalue weighted by Gasteiger charge is -2.00. The van der Waals surface area contributed by atoms with Gasteiger partial charge in [0.2, 0.25) is 0 Å². The molecule has 0 aromatic carbocycles. The van der Waals surface area contributed by atoms with Gasteiger partial charge < -0.3 is 10.4 Å². The lowest BCUT2D eigenvalue weighted by Crippen LogP contribution is -2.26. The monoisotopic (exact) mass is 170 g/mol. The van der Waals surface area contributed by atoms with Crippen molar-refractivity contribution in [3.8, 4) is 0 Å². The van der Waals surface area contributed by atoms with Gasteiger partial charge in [0.15, 0.2) is 0 Å². The van der Waals surface area contributed by atoms with Crippen LogP contribution in [0, 0.1) is 0 Å². The fourth-order valence-corrected chi connectivity index (χ4v) is 0.741. The molecule has 0 amide bonds. The van der Waals surface area contributed by atoms with E-state index < -0.39 is 5.97 Å². The first-order valence-electron chi connectivity index (χ1n) is 3.55. The highest BCUT2D eigenvalue weighted by Gasteiger charge is 1.94. The zero-order valence-electron chi connectivity index (χ0n) is 6.47. The van der Waals surface area contributed by atoms with Gasteiger partial charge in [0.1, 0.15) is 0 Å². The van der Waals surface area contributed by atoms with Crippen molar-refractivity contribution in [3.63, 3.8) is 0 Å². The highest BCUT2D eigenvalue weighted by atomic mass is 16.4. The molecular weight excluding hydrogens is 160 g/mol. The molecule has 1 aromatic rings. The van der Waals surface area contributed by atoms with Crippen LogP contribution >= 0.6 is 0 Å². The van der Waals surface area contributed by atoms with Gasteiger partial charge in [-0.05, 0) is 0 Å². The van der Waals surface area contributed by atoms with E-state index in [1.165, 1.54) is 0 Å². The number of nitrogens with zero attached hydrogens (tertiary/aromatic N) is 3. The van der Waals surface area contributed by atoms with Crippen LogP contribution in [0.3, 0.4) is 0 Å². The number of nitrogens with one attached hydrogen (secondary N) is 1. The molecule has 2 N–H and O–H groups in total. The molecule has 0 aliphatic carbocycles. The summed E-state index contributed by atoms with van der Waals surface area (Å²) in [5, 5.41) is 18.3. The Labute approximate surface area is 69.2 Å². The second kappa shape index (κ2) is 4.45. The number of carbonyl (C=O) groups is 1. The average molecular weight is 170 g/mol. The predicted molar refractivity (Wildman–Crippen MR) is 40.5 cm³/mol. The minimum absolute atomic E-state index is 0.0191. The maximum Gasteiger partial charge on any atom is 0.317 e. The summed E-state index contributed by atoms with van der Waals surface area (Å²) in [6, 6.07) is 0. The summed E-state index contributed by atoms with van der Waals surface area (Å²) in [6.07, 6.45) is 3.31. The van der Waals surface area contributed by atoms with Crippen molar-refractivity contribution in [2.75, 3.05) is 13.1 Å². The summed E-state index contributed by atoms with van der Waals surface area (Å²) >= 11 is 0. The number of rotatable bonds is 5. The van der Waals surface area contributed by atoms with E-state index in [-0.39, 0.29) is 6.54 Å². The number of hydrogen-bond acceptors (Lipinski definition) is 4. The molecule has 0 aliphatic rings. The number of hydrogen-bond donors (Lipinski definition) is 2. The Morgan fingerprint density at radius 2 is 2.50 bits per heavy atom. The summed E-state index contributed by atoms with van der Waals surface area (Å²) in [4.78, 5) is 10.1. The predicted octanol–water partition coefficient (Wildman–Crippen LogP) is -1.05. The maximum atomic E-state index is 10.1. The van der Waals surface area contributed by atoms with E-state index >= 15 is 0 Å². The van der Waals surface area contributed by atoms with Crippen molar-refractivity contribution in [1.29, 1.82) is 0 Å². The lowest BCUT2D eigenvalue weighted by molar-refractivity contribution is -0.135. The molecular formula is C6H10N4O2. The van der Waals surface area contributed by atoms with Gasteiger partial charge in [-0.15, -0.1) is 5.10 Å². The summed E-state index contributed by atoms with van der Waals surface area (Å²) in [6.45, 7) is 1.19. The molecule has 0 unspecified atom stereocenters. The van der Waals surface area contributed by atoms with Gasteiger partial charge in [-0.3, -0.25) is 9.48 Å². The molecule has 12 heavy (non-hydrogen) atoms. The quantitative estimate of drug-likeness (QED) is 0.551. The molecule has 0 atom stereocenters. The van der Waals surface area contributed by atoms with E-state index in [1.54, 1.807) is 17.1 Å². The van der Waals surface area contributed by atoms with Gasteiger partial charge in [0.25, 0.3) is 0 Å². The molecule has 0 saturated carbocycles. The second-order valence-corrected chi connectivity index (χ2v) is 2.24. The number of aliphatic carboxylic acids is 1. The molecule has 0 bridgehead atoms. The molecule has 66 valence electrons. The highest BCUT2D eigenvalue weighted by Crippen LogP contribution is 1.77. The average Bonchev–Trinajstić information content (AvgIpc) is 2.49. The van der Waals surface area contributed by atoms with E-state index in [1.807, 2.05) is 0 Å². The Bertz CT molecular complexity index is 234. The van der Waals surface area contributed by atoms with Crippen molar-refractivity contribution in [3.05, 3.63) is 12.4 Å². The molecule has 0 fully saturated rings. The third kappa shape index (κ3) is 3.11. The Morgan fingerprint density at radius 1 is 1.67 bits per heavy atom. The Balaban J connectivity index is 2.07. The zero-order chi connectivity index (χ0) is 8.81. The molecule has 1 rings (SSSR count). The van der Waals surface area contributed by atoms with E-state index in [0.717, 1.165) is 0 Å². The van der Waals surface area contributed by atoms with Crippen LogP contribution in [0.1, 0.15) is 0 Å². The van der Waals surface area contributed by atoms with Crippen LogP contribution in [-0.2, 0) is 11.3 Å². The molecule has 0 aliphatic heterocycles. The minimum Gasteiger partial charge on any atom is -0.480 e. The molecule has 6 heteroatoms. The smallest absolute Gasteiger partial charge is 0.317 e. The third-order valence-corrected chi connectivity index (χ3v) is 1.27. The van der Waals surface area contributed by atoms with Crippen LogP contribution in [-0.4, -0.2) is 39.2 Å². The minimum atomic E-state index is -0.853. The van der Waals surface area contributed by atoms with E-state index in [2.05, 4.69) is 15.6 Å². The van der Waals surface area contributed by atoms with Crippen LogP contribution in [0.15, 0.2) is 12.4 Å². The van der Waals surface area contributed by atoms with Gasteiger partial charge >= 0.3 is 5.97 Å². The fraction of sp³-hybridized carbons (Fsp3) is 0.500. The third-order valence-electron chi connectivity index (χ3n) is 1.27. The number of carboxylic acids is 1. The van der Waals surface area contributed by atoms with Gasteiger partial charge in [0, 0.05) is 12.7 Å². The van der Waals surface area contributed by atoms with E-state index in [0.29, 0.717) is 13.1 Å². The topological polar surface area (TPSA) is 80.0 Å². The summed E-state index contributed by atoms with van der Waals surface area (Å²) in [5.74, 6) is -0.853. The first-order valence-corrected chi connectivity index (χ1v) is 3.55. The Kier molecular flexibility index (Phi) is 3.21. The van der Waals surface area contributed by atoms with Crippen molar-refractivity contribution < 1.29 is 9.90 Å². The number of carboxylic acid groups (broad SMARTS) is 1. The summed E-state index contributed by atoms with van der Waals surface area (Å²) < 4.78 is 1.63. The molecule has 1 aromatic heterocycles. The molecule has 0 radical (unpaired) electrons. The molecule has 0 saturated heterocycles. The molecule has 1 heterocycles. The lowest BCUT2D eigenvalue weighted by atomic mass is 10.5. The standard InChI is InChI=1S/C6H10N4O2/c11-6(12)5-7-1-3-10-4-2-8-9-10/h2,4,7H,1,3,5H2,(H,11,12).